The highest BCUT2D eigenvalue weighted by molar-refractivity contribution is 5.93. The Morgan fingerprint density at radius 1 is 1.14 bits per heavy atom. The number of ether oxygens (including phenoxy) is 1. The number of nitrogens with zero attached hydrogens (tertiary/aromatic N) is 3. The molecule has 1 saturated heterocycles. The second-order valence-electron chi connectivity index (χ2n) is 11.4. The predicted octanol–water partition coefficient (Wildman–Crippen LogP) is 7.29. The van der Waals surface area contributed by atoms with Gasteiger partial charge in [0.25, 0.3) is 0 Å². The van der Waals surface area contributed by atoms with Crippen molar-refractivity contribution in [3.8, 4) is 17.0 Å². The molecule has 8 nitrogen and oxygen atoms in total. The van der Waals surface area contributed by atoms with Crippen molar-refractivity contribution in [1.82, 2.24) is 15.5 Å². The maximum atomic E-state index is 13.1. The molecular weight excluding hydrogens is 561 g/mol. The number of carboxylic acids is 1. The van der Waals surface area contributed by atoms with Crippen LogP contribution in [0.3, 0.4) is 0 Å². The molecule has 1 aliphatic carbocycles. The van der Waals surface area contributed by atoms with Crippen LogP contribution in [0.1, 0.15) is 73.6 Å². The van der Waals surface area contributed by atoms with Gasteiger partial charge >= 0.3 is 12.3 Å². The lowest BCUT2D eigenvalue weighted by Gasteiger charge is -2.45. The quantitative estimate of drug-likeness (QED) is 0.208. The van der Waals surface area contributed by atoms with Crippen LogP contribution >= 0.6 is 0 Å². The number of benzene rings is 2. The van der Waals surface area contributed by atoms with Crippen molar-refractivity contribution in [2.24, 2.45) is 0 Å². The molecule has 3 unspecified atom stereocenters. The van der Waals surface area contributed by atoms with Gasteiger partial charge in [-0.3, -0.25) is 0 Å². The van der Waals surface area contributed by atoms with Gasteiger partial charge in [0.2, 0.25) is 0 Å². The molecular formula is C32H33F3N4O4. The number of hydrogen-bond acceptors (Lipinski definition) is 7. The SMILES string of the molecule is CCC1CC(NCc2c(-c3ccccc3OC(F)(F)F)noc2C2CC2)CC(C)N1c1ccc2cc(C(=O)O)ccc2n1. The molecule has 2 aromatic heterocycles. The number of fused-ring (bicyclic) bond motifs is 1. The van der Waals surface area contributed by atoms with Crippen LogP contribution in [-0.4, -0.2) is 45.7 Å². The Kier molecular flexibility index (Phi) is 7.76. The zero-order valence-electron chi connectivity index (χ0n) is 23.9. The molecule has 11 heteroatoms. The number of hydrogen-bond donors (Lipinski definition) is 2. The summed E-state index contributed by atoms with van der Waals surface area (Å²) in [6.07, 6.45) is -0.308. The van der Waals surface area contributed by atoms with E-state index in [1.54, 1.807) is 30.3 Å². The summed E-state index contributed by atoms with van der Waals surface area (Å²) < 4.78 is 49.5. The van der Waals surface area contributed by atoms with Crippen molar-refractivity contribution < 1.29 is 32.3 Å². The van der Waals surface area contributed by atoms with Crippen LogP contribution in [0.2, 0.25) is 0 Å². The number of anilines is 1. The Labute approximate surface area is 246 Å². The lowest BCUT2D eigenvalue weighted by atomic mass is 9.90. The minimum absolute atomic E-state index is 0.158. The van der Waals surface area contributed by atoms with Crippen molar-refractivity contribution in [3.63, 3.8) is 0 Å². The number of rotatable bonds is 9. The maximum absolute atomic E-state index is 13.1. The van der Waals surface area contributed by atoms with Crippen molar-refractivity contribution in [2.75, 3.05) is 4.90 Å². The molecule has 1 saturated carbocycles. The van der Waals surface area contributed by atoms with Crippen LogP contribution < -0.4 is 15.0 Å². The maximum Gasteiger partial charge on any atom is 0.573 e. The standard InChI is InChI=1S/C32H33F3N4O4/c1-3-23-16-22(14-18(2)39(23)28-13-11-20-15-21(31(40)41)10-12-26(20)37-28)36-17-25-29(38-43-30(25)19-8-9-19)24-6-4-5-7-27(24)42-32(33,34)35/h4-7,10-13,15,18-19,22-23,36H,3,8-9,14,16-17H2,1-2H3,(H,40,41). The Morgan fingerprint density at radius 2 is 1.93 bits per heavy atom. The summed E-state index contributed by atoms with van der Waals surface area (Å²) in [7, 11) is 0. The van der Waals surface area contributed by atoms with Crippen LogP contribution in [0, 0.1) is 0 Å². The number of nitrogens with one attached hydrogen (secondary N) is 1. The number of piperidine rings is 1. The zero-order chi connectivity index (χ0) is 30.3. The molecule has 0 spiro atoms. The van der Waals surface area contributed by atoms with E-state index in [0.29, 0.717) is 12.2 Å². The van der Waals surface area contributed by atoms with E-state index in [0.717, 1.165) is 60.1 Å². The number of aromatic nitrogens is 2. The fourth-order valence-electron chi connectivity index (χ4n) is 6.25. The lowest BCUT2D eigenvalue weighted by Crippen LogP contribution is -2.53. The van der Waals surface area contributed by atoms with E-state index in [9.17, 15) is 23.1 Å². The van der Waals surface area contributed by atoms with Gasteiger partial charge in [-0.05, 0) is 81.5 Å². The van der Waals surface area contributed by atoms with Crippen molar-refractivity contribution >= 4 is 22.7 Å². The van der Waals surface area contributed by atoms with Gasteiger partial charge in [-0.15, -0.1) is 13.2 Å². The Morgan fingerprint density at radius 3 is 2.65 bits per heavy atom. The topological polar surface area (TPSA) is 101 Å². The van der Waals surface area contributed by atoms with E-state index in [4.69, 9.17) is 9.51 Å². The number of carbonyl (C=O) groups is 1. The fourth-order valence-corrected chi connectivity index (χ4v) is 6.25. The molecule has 226 valence electrons. The van der Waals surface area contributed by atoms with Crippen LogP contribution in [0.25, 0.3) is 22.2 Å². The summed E-state index contributed by atoms with van der Waals surface area (Å²) in [6, 6.07) is 15.4. The van der Waals surface area contributed by atoms with Gasteiger partial charge in [-0.25, -0.2) is 9.78 Å². The third-order valence-corrected chi connectivity index (χ3v) is 8.41. The lowest BCUT2D eigenvalue weighted by molar-refractivity contribution is -0.274. The second-order valence-corrected chi connectivity index (χ2v) is 11.4. The van der Waals surface area contributed by atoms with Gasteiger partial charge in [0.05, 0.1) is 11.1 Å². The zero-order valence-corrected chi connectivity index (χ0v) is 23.9. The van der Waals surface area contributed by atoms with Gasteiger partial charge in [-0.2, -0.15) is 0 Å². The van der Waals surface area contributed by atoms with Crippen LogP contribution in [0.15, 0.2) is 59.1 Å². The van der Waals surface area contributed by atoms with Crippen LogP contribution in [-0.2, 0) is 6.54 Å². The van der Waals surface area contributed by atoms with E-state index in [1.165, 1.54) is 12.1 Å². The van der Waals surface area contributed by atoms with E-state index in [-0.39, 0.29) is 40.9 Å². The summed E-state index contributed by atoms with van der Waals surface area (Å²) in [6.45, 7) is 4.73. The monoisotopic (exact) mass is 594 g/mol. The smallest absolute Gasteiger partial charge is 0.478 e. The van der Waals surface area contributed by atoms with Gasteiger partial charge < -0.3 is 24.6 Å². The molecule has 2 fully saturated rings. The van der Waals surface area contributed by atoms with E-state index in [1.807, 2.05) is 12.1 Å². The summed E-state index contributed by atoms with van der Waals surface area (Å²) in [5.74, 6) is 0.535. The number of carboxylic acid groups (broad SMARTS) is 1. The third kappa shape index (κ3) is 6.17. The first-order valence-electron chi connectivity index (χ1n) is 14.6. The number of halogens is 3. The van der Waals surface area contributed by atoms with Crippen LogP contribution in [0.5, 0.6) is 5.75 Å². The second kappa shape index (κ2) is 11.5. The van der Waals surface area contributed by atoms with Gasteiger partial charge in [0, 0.05) is 47.1 Å². The van der Waals surface area contributed by atoms with Crippen LogP contribution in [0.4, 0.5) is 19.0 Å². The van der Waals surface area contributed by atoms with Crippen molar-refractivity contribution in [2.45, 2.75) is 82.9 Å². The highest BCUT2D eigenvalue weighted by Crippen LogP contribution is 2.45. The summed E-state index contributed by atoms with van der Waals surface area (Å²) in [5.41, 5.74) is 2.37. The molecule has 0 amide bonds. The summed E-state index contributed by atoms with van der Waals surface area (Å²) >= 11 is 0. The minimum atomic E-state index is -4.82. The number of alkyl halides is 3. The minimum Gasteiger partial charge on any atom is -0.478 e. The highest BCUT2D eigenvalue weighted by atomic mass is 19.4. The first-order valence-corrected chi connectivity index (χ1v) is 14.6. The average molecular weight is 595 g/mol. The highest BCUT2D eigenvalue weighted by Gasteiger charge is 2.37. The van der Waals surface area contributed by atoms with Crippen molar-refractivity contribution in [1.29, 1.82) is 0 Å². The molecule has 2 aromatic carbocycles. The molecule has 3 atom stereocenters. The first kappa shape index (κ1) is 29.0. The number of para-hydroxylation sites is 1. The molecule has 4 aromatic rings. The molecule has 43 heavy (non-hydrogen) atoms. The average Bonchev–Trinajstić information content (AvgIpc) is 3.73. The summed E-state index contributed by atoms with van der Waals surface area (Å²) in [5, 5.41) is 18.0. The summed E-state index contributed by atoms with van der Waals surface area (Å²) in [4.78, 5) is 18.6. The van der Waals surface area contributed by atoms with E-state index in [2.05, 4.69) is 34.0 Å². The number of aromatic carboxylic acids is 1. The first-order chi connectivity index (χ1) is 20.6. The van der Waals surface area contributed by atoms with Crippen molar-refractivity contribution in [3.05, 3.63) is 71.5 Å². The van der Waals surface area contributed by atoms with Gasteiger partial charge in [0.15, 0.2) is 0 Å². The molecule has 2 aliphatic rings. The molecule has 2 N–H and O–H groups in total. The largest absolute Gasteiger partial charge is 0.573 e. The molecule has 1 aliphatic heterocycles. The predicted molar refractivity (Wildman–Crippen MR) is 155 cm³/mol. The Bertz CT molecular complexity index is 1630. The van der Waals surface area contributed by atoms with Gasteiger partial charge in [-0.1, -0.05) is 24.2 Å². The van der Waals surface area contributed by atoms with Gasteiger partial charge in [0.1, 0.15) is 23.0 Å². The number of pyridine rings is 1. The Hall–Kier alpha value is -4.12. The molecule has 3 heterocycles. The third-order valence-electron chi connectivity index (χ3n) is 8.41. The Balaban J connectivity index is 1.21. The van der Waals surface area contributed by atoms with E-state index < -0.39 is 12.3 Å². The molecule has 0 radical (unpaired) electrons. The van der Waals surface area contributed by atoms with E-state index >= 15 is 0 Å². The fraction of sp³-hybridized carbons (Fsp3) is 0.406. The molecule has 0 bridgehead atoms. The normalized spacial score (nSPS) is 20.9. The molecule has 6 rings (SSSR count).